The Labute approximate surface area is 108 Å². The van der Waals surface area contributed by atoms with Gasteiger partial charge < -0.3 is 9.47 Å². The Morgan fingerprint density at radius 2 is 1.89 bits per heavy atom. The normalized spacial score (nSPS) is 11.6. The maximum absolute atomic E-state index is 11.5. The molecule has 5 nitrogen and oxygen atoms in total. The van der Waals surface area contributed by atoms with Crippen LogP contribution >= 0.6 is 0 Å². The van der Waals surface area contributed by atoms with Crippen LogP contribution in [0.1, 0.15) is 18.1 Å². The molecule has 0 amide bonds. The molecule has 0 aromatic heterocycles. The minimum Gasteiger partial charge on any atom is -0.489 e. The van der Waals surface area contributed by atoms with E-state index in [1.165, 1.54) is 6.07 Å². The Balaban J connectivity index is 3.02. The van der Waals surface area contributed by atoms with E-state index in [-0.39, 0.29) is 4.90 Å². The van der Waals surface area contributed by atoms with Crippen molar-refractivity contribution >= 4 is 10.0 Å². The number of hydrogen-bond acceptors (Lipinski definition) is 4. The highest BCUT2D eigenvalue weighted by atomic mass is 32.2. The number of primary sulfonamides is 1. The zero-order valence-electron chi connectivity index (χ0n) is 10.9. The maximum atomic E-state index is 11.5. The smallest absolute Gasteiger partial charge is 0.241 e. The van der Waals surface area contributed by atoms with E-state index < -0.39 is 10.0 Å². The lowest BCUT2D eigenvalue weighted by Gasteiger charge is -2.14. The number of benzene rings is 1. The molecule has 2 N–H and O–H groups in total. The molecular weight excluding hydrogens is 254 g/mol. The molecule has 1 rings (SSSR count). The summed E-state index contributed by atoms with van der Waals surface area (Å²) in [6.45, 7) is 6.78. The molecule has 0 saturated heterocycles. The summed E-state index contributed by atoms with van der Waals surface area (Å²) in [5, 5.41) is 5.19. The highest BCUT2D eigenvalue weighted by molar-refractivity contribution is 7.89. The number of hydrogen-bond donors (Lipinski definition) is 1. The largest absolute Gasteiger partial charge is 0.489 e. The van der Waals surface area contributed by atoms with Crippen LogP contribution < -0.4 is 9.88 Å². The number of aryl methyl sites for hydroxylation is 2. The standard InChI is InChI=1S/C12H19NO4S/c1-4-16-5-6-17-12-10(3)7-9(2)8-11(12)18(13,14)15/h7-8H,4-6H2,1-3H3,(H2,13,14,15). The number of rotatable bonds is 6. The summed E-state index contributed by atoms with van der Waals surface area (Å²) in [6.07, 6.45) is 0. The average molecular weight is 273 g/mol. The molecule has 102 valence electrons. The van der Waals surface area contributed by atoms with Gasteiger partial charge >= 0.3 is 0 Å². The van der Waals surface area contributed by atoms with Crippen LogP contribution in [-0.4, -0.2) is 28.2 Å². The van der Waals surface area contributed by atoms with Crippen molar-refractivity contribution in [3.63, 3.8) is 0 Å². The van der Waals surface area contributed by atoms with Crippen molar-refractivity contribution in [1.29, 1.82) is 0 Å². The number of nitrogens with two attached hydrogens (primary N) is 1. The molecule has 0 aliphatic rings. The SMILES string of the molecule is CCOCCOc1c(C)cc(C)cc1S(N)(=O)=O. The Kier molecular flexibility index (Phi) is 5.13. The zero-order valence-corrected chi connectivity index (χ0v) is 11.7. The molecule has 18 heavy (non-hydrogen) atoms. The molecule has 0 bridgehead atoms. The quantitative estimate of drug-likeness (QED) is 0.794. The Hall–Kier alpha value is -1.11. The summed E-state index contributed by atoms with van der Waals surface area (Å²) in [4.78, 5) is 0.0245. The van der Waals surface area contributed by atoms with Gasteiger partial charge in [0.2, 0.25) is 10.0 Å². The van der Waals surface area contributed by atoms with Crippen molar-refractivity contribution in [3.05, 3.63) is 23.3 Å². The fourth-order valence-electron chi connectivity index (χ4n) is 1.66. The molecule has 1 aromatic rings. The van der Waals surface area contributed by atoms with Gasteiger partial charge in [-0.25, -0.2) is 13.6 Å². The third-order valence-corrected chi connectivity index (χ3v) is 3.29. The van der Waals surface area contributed by atoms with Crippen LogP contribution in [-0.2, 0) is 14.8 Å². The first-order chi connectivity index (χ1) is 8.36. The predicted octanol–water partition coefficient (Wildman–Crippen LogP) is 1.37. The third kappa shape index (κ3) is 3.97. The summed E-state index contributed by atoms with van der Waals surface area (Å²) in [5.74, 6) is 0.308. The van der Waals surface area contributed by atoms with E-state index >= 15 is 0 Å². The summed E-state index contributed by atoms with van der Waals surface area (Å²) < 4.78 is 33.6. The molecule has 0 saturated carbocycles. The Morgan fingerprint density at radius 1 is 1.22 bits per heavy atom. The van der Waals surface area contributed by atoms with E-state index in [0.29, 0.717) is 25.6 Å². The molecule has 0 aliphatic carbocycles. The molecule has 0 spiro atoms. The second kappa shape index (κ2) is 6.17. The lowest BCUT2D eigenvalue weighted by atomic mass is 10.1. The number of sulfonamides is 1. The molecule has 1 aromatic carbocycles. The fourth-order valence-corrected chi connectivity index (χ4v) is 2.49. The van der Waals surface area contributed by atoms with E-state index in [0.717, 1.165) is 11.1 Å². The molecule has 0 unspecified atom stereocenters. The van der Waals surface area contributed by atoms with E-state index in [9.17, 15) is 8.42 Å². The highest BCUT2D eigenvalue weighted by Gasteiger charge is 2.18. The molecule has 0 fully saturated rings. The van der Waals surface area contributed by atoms with Gasteiger partial charge in [0.05, 0.1) is 6.61 Å². The van der Waals surface area contributed by atoms with Gasteiger partial charge in [0.15, 0.2) is 0 Å². The van der Waals surface area contributed by atoms with Crippen LogP contribution in [0.3, 0.4) is 0 Å². The zero-order chi connectivity index (χ0) is 13.8. The van der Waals surface area contributed by atoms with Gasteiger partial charge in [-0.15, -0.1) is 0 Å². The monoisotopic (exact) mass is 273 g/mol. The molecule has 0 aliphatic heterocycles. The lowest BCUT2D eigenvalue weighted by molar-refractivity contribution is 0.109. The summed E-state index contributed by atoms with van der Waals surface area (Å²) in [6, 6.07) is 3.36. The van der Waals surface area contributed by atoms with E-state index in [1.807, 2.05) is 19.9 Å². The second-order valence-corrected chi connectivity index (χ2v) is 5.53. The van der Waals surface area contributed by atoms with Gasteiger partial charge in [-0.2, -0.15) is 0 Å². The van der Waals surface area contributed by atoms with Crippen molar-refractivity contribution in [3.8, 4) is 5.75 Å². The fraction of sp³-hybridized carbons (Fsp3) is 0.500. The van der Waals surface area contributed by atoms with Crippen LogP contribution in [0.5, 0.6) is 5.75 Å². The Bertz CT molecular complexity index is 511. The van der Waals surface area contributed by atoms with Crippen LogP contribution in [0.25, 0.3) is 0 Å². The first kappa shape index (κ1) is 14.9. The van der Waals surface area contributed by atoms with Gasteiger partial charge in [0.25, 0.3) is 0 Å². The summed E-state index contributed by atoms with van der Waals surface area (Å²) in [5.41, 5.74) is 1.57. The van der Waals surface area contributed by atoms with Crippen molar-refractivity contribution in [2.24, 2.45) is 5.14 Å². The maximum Gasteiger partial charge on any atom is 0.241 e. The predicted molar refractivity (Wildman–Crippen MR) is 69.3 cm³/mol. The van der Waals surface area contributed by atoms with Crippen LogP contribution in [0, 0.1) is 13.8 Å². The van der Waals surface area contributed by atoms with Gasteiger partial charge in [0, 0.05) is 6.61 Å². The number of ether oxygens (including phenoxy) is 2. The molecule has 0 radical (unpaired) electrons. The minimum absolute atomic E-state index is 0.0245. The van der Waals surface area contributed by atoms with Gasteiger partial charge in [-0.05, 0) is 38.0 Å². The van der Waals surface area contributed by atoms with Gasteiger partial charge in [-0.1, -0.05) is 6.07 Å². The molecule has 6 heteroatoms. The van der Waals surface area contributed by atoms with Crippen molar-refractivity contribution in [2.75, 3.05) is 19.8 Å². The van der Waals surface area contributed by atoms with Crippen LogP contribution in [0.2, 0.25) is 0 Å². The molecule has 0 heterocycles. The van der Waals surface area contributed by atoms with E-state index in [2.05, 4.69) is 0 Å². The summed E-state index contributed by atoms with van der Waals surface area (Å²) >= 11 is 0. The Morgan fingerprint density at radius 3 is 2.44 bits per heavy atom. The van der Waals surface area contributed by atoms with Gasteiger partial charge in [-0.3, -0.25) is 0 Å². The highest BCUT2D eigenvalue weighted by Crippen LogP contribution is 2.28. The van der Waals surface area contributed by atoms with Crippen molar-refractivity contribution < 1.29 is 17.9 Å². The topological polar surface area (TPSA) is 78.6 Å². The average Bonchev–Trinajstić information content (AvgIpc) is 2.24. The van der Waals surface area contributed by atoms with Crippen LogP contribution in [0.15, 0.2) is 17.0 Å². The summed E-state index contributed by atoms with van der Waals surface area (Å²) in [7, 11) is -3.79. The lowest BCUT2D eigenvalue weighted by Crippen LogP contribution is -2.16. The second-order valence-electron chi connectivity index (χ2n) is 4.00. The van der Waals surface area contributed by atoms with E-state index in [4.69, 9.17) is 14.6 Å². The van der Waals surface area contributed by atoms with Crippen LogP contribution in [0.4, 0.5) is 0 Å². The third-order valence-electron chi connectivity index (χ3n) is 2.37. The first-order valence-corrected chi connectivity index (χ1v) is 7.25. The van der Waals surface area contributed by atoms with Gasteiger partial charge in [0.1, 0.15) is 17.3 Å². The minimum atomic E-state index is -3.79. The van der Waals surface area contributed by atoms with Crippen molar-refractivity contribution in [2.45, 2.75) is 25.7 Å². The van der Waals surface area contributed by atoms with Crippen molar-refractivity contribution in [1.82, 2.24) is 0 Å². The first-order valence-electron chi connectivity index (χ1n) is 5.71. The molecule has 0 atom stereocenters. The van der Waals surface area contributed by atoms with E-state index in [1.54, 1.807) is 6.92 Å². The molecular formula is C12H19NO4S.